The Hall–Kier alpha value is -1.60. The maximum atomic E-state index is 13.1. The molecule has 0 unspecified atom stereocenters. The molecule has 2 aromatic rings. The van der Waals surface area contributed by atoms with Gasteiger partial charge in [-0.05, 0) is 30.5 Å². The third-order valence-corrected chi connectivity index (χ3v) is 4.54. The van der Waals surface area contributed by atoms with Gasteiger partial charge in [-0.1, -0.05) is 66.9 Å². The maximum absolute atomic E-state index is 13.1. The van der Waals surface area contributed by atoms with Gasteiger partial charge >= 0.3 is 0 Å². The molecule has 0 atom stereocenters. The molecule has 0 amide bonds. The van der Waals surface area contributed by atoms with Crippen LogP contribution < -0.4 is 0 Å². The van der Waals surface area contributed by atoms with Gasteiger partial charge in [0.1, 0.15) is 0 Å². The summed E-state index contributed by atoms with van der Waals surface area (Å²) in [5.74, 6) is 0.212. The number of halogens is 1. The molecule has 0 N–H and O–H groups in total. The summed E-state index contributed by atoms with van der Waals surface area (Å²) in [6.45, 7) is 0. The van der Waals surface area contributed by atoms with Gasteiger partial charge in [0.25, 0.3) is 0 Å². The second kappa shape index (κ2) is 5.41. The van der Waals surface area contributed by atoms with E-state index in [2.05, 4.69) is 12.1 Å². The number of rotatable bonds is 3. The zero-order chi connectivity index (χ0) is 14.0. The molecule has 0 saturated heterocycles. The summed E-state index contributed by atoms with van der Waals surface area (Å²) in [4.78, 5) is 13.1. The predicted molar refractivity (Wildman–Crippen MR) is 82.4 cm³/mol. The van der Waals surface area contributed by atoms with E-state index < -0.39 is 0 Å². The van der Waals surface area contributed by atoms with Crippen molar-refractivity contribution in [2.75, 3.05) is 0 Å². The van der Waals surface area contributed by atoms with Gasteiger partial charge in [-0.3, -0.25) is 4.79 Å². The first-order valence-corrected chi connectivity index (χ1v) is 7.46. The fraction of sp³-hybridized carbons (Fsp3) is 0.278. The zero-order valence-electron chi connectivity index (χ0n) is 11.3. The van der Waals surface area contributed by atoms with E-state index in [1.54, 1.807) is 6.07 Å². The maximum Gasteiger partial charge on any atom is 0.173 e. The van der Waals surface area contributed by atoms with Gasteiger partial charge in [0, 0.05) is 10.6 Å². The van der Waals surface area contributed by atoms with E-state index in [1.165, 1.54) is 0 Å². The van der Waals surface area contributed by atoms with E-state index in [0.717, 1.165) is 36.8 Å². The van der Waals surface area contributed by atoms with Crippen molar-refractivity contribution in [2.24, 2.45) is 0 Å². The lowest BCUT2D eigenvalue weighted by molar-refractivity contribution is 0.0886. The van der Waals surface area contributed by atoms with Crippen LogP contribution in [0.25, 0.3) is 0 Å². The highest BCUT2D eigenvalue weighted by Gasteiger charge is 2.42. The van der Waals surface area contributed by atoms with Gasteiger partial charge < -0.3 is 0 Å². The summed E-state index contributed by atoms with van der Waals surface area (Å²) in [5, 5.41) is 0.622. The van der Waals surface area contributed by atoms with Crippen molar-refractivity contribution in [2.45, 2.75) is 31.1 Å². The lowest BCUT2D eigenvalue weighted by Gasteiger charge is -2.28. The minimum Gasteiger partial charge on any atom is -0.293 e. The Kier molecular flexibility index (Phi) is 3.62. The second-order valence-electron chi connectivity index (χ2n) is 5.49. The van der Waals surface area contributed by atoms with Gasteiger partial charge in [-0.2, -0.15) is 0 Å². The molecule has 0 aliphatic heterocycles. The van der Waals surface area contributed by atoms with Crippen LogP contribution in [0.2, 0.25) is 5.02 Å². The predicted octanol–water partition coefficient (Wildman–Crippen LogP) is 5.03. The molecule has 20 heavy (non-hydrogen) atoms. The Balaban J connectivity index is 2.05. The first kappa shape index (κ1) is 13.4. The highest BCUT2D eigenvalue weighted by atomic mass is 35.5. The van der Waals surface area contributed by atoms with Crippen molar-refractivity contribution in [3.05, 3.63) is 70.7 Å². The quantitative estimate of drug-likeness (QED) is 0.722. The summed E-state index contributed by atoms with van der Waals surface area (Å²) in [5.41, 5.74) is 1.51. The van der Waals surface area contributed by atoms with E-state index in [4.69, 9.17) is 11.6 Å². The van der Waals surface area contributed by atoms with Crippen LogP contribution in [0, 0.1) is 0 Å². The Bertz CT molecular complexity index is 612. The van der Waals surface area contributed by atoms with E-state index in [1.807, 2.05) is 36.4 Å². The number of hydrogen-bond acceptors (Lipinski definition) is 1. The van der Waals surface area contributed by atoms with Gasteiger partial charge in [0.15, 0.2) is 5.78 Å². The molecule has 1 saturated carbocycles. The zero-order valence-corrected chi connectivity index (χ0v) is 12.1. The molecule has 1 aliphatic carbocycles. The Morgan fingerprint density at radius 1 is 0.950 bits per heavy atom. The molecule has 1 aliphatic rings. The van der Waals surface area contributed by atoms with Crippen molar-refractivity contribution >= 4 is 17.4 Å². The number of carbonyl (C=O) groups is 1. The number of benzene rings is 2. The molecular weight excluding hydrogens is 268 g/mol. The van der Waals surface area contributed by atoms with E-state index in [-0.39, 0.29) is 11.2 Å². The third kappa shape index (κ3) is 2.27. The Morgan fingerprint density at radius 3 is 2.30 bits per heavy atom. The van der Waals surface area contributed by atoms with E-state index in [0.29, 0.717) is 5.02 Å². The SMILES string of the molecule is O=C(c1cccc(Cl)c1)C1(c2ccccc2)CCCC1. The fourth-order valence-electron chi connectivity index (χ4n) is 3.29. The van der Waals surface area contributed by atoms with Crippen LogP contribution in [0.15, 0.2) is 54.6 Å². The van der Waals surface area contributed by atoms with Crippen molar-refractivity contribution in [1.82, 2.24) is 0 Å². The summed E-state index contributed by atoms with van der Waals surface area (Å²) in [6, 6.07) is 17.5. The summed E-state index contributed by atoms with van der Waals surface area (Å²) < 4.78 is 0. The van der Waals surface area contributed by atoms with Crippen LogP contribution >= 0.6 is 11.6 Å². The number of Topliss-reactive ketones (excluding diaryl/α,β-unsaturated/α-hetero) is 1. The molecule has 1 nitrogen and oxygen atoms in total. The van der Waals surface area contributed by atoms with Crippen LogP contribution in [0.4, 0.5) is 0 Å². The average molecular weight is 285 g/mol. The first-order chi connectivity index (χ1) is 9.72. The summed E-state index contributed by atoms with van der Waals surface area (Å²) in [6.07, 6.45) is 4.09. The van der Waals surface area contributed by atoms with Crippen LogP contribution in [0.1, 0.15) is 41.6 Å². The van der Waals surface area contributed by atoms with Crippen molar-refractivity contribution in [1.29, 1.82) is 0 Å². The molecule has 0 bridgehead atoms. The van der Waals surface area contributed by atoms with Gasteiger partial charge in [-0.15, -0.1) is 0 Å². The molecule has 0 aromatic heterocycles. The van der Waals surface area contributed by atoms with E-state index in [9.17, 15) is 4.79 Å². The van der Waals surface area contributed by atoms with Crippen LogP contribution in [-0.4, -0.2) is 5.78 Å². The van der Waals surface area contributed by atoms with Crippen LogP contribution in [-0.2, 0) is 5.41 Å². The molecule has 0 heterocycles. The summed E-state index contributed by atoms with van der Waals surface area (Å²) in [7, 11) is 0. The number of ketones is 1. The van der Waals surface area contributed by atoms with Crippen molar-refractivity contribution in [3.63, 3.8) is 0 Å². The molecule has 1 fully saturated rings. The van der Waals surface area contributed by atoms with Gasteiger partial charge in [-0.25, -0.2) is 0 Å². The normalized spacial score (nSPS) is 17.1. The second-order valence-corrected chi connectivity index (χ2v) is 5.93. The molecular formula is C18H17ClO. The summed E-state index contributed by atoms with van der Waals surface area (Å²) >= 11 is 6.03. The molecule has 0 radical (unpaired) electrons. The third-order valence-electron chi connectivity index (χ3n) is 4.30. The minimum atomic E-state index is -0.355. The highest BCUT2D eigenvalue weighted by Crippen LogP contribution is 2.43. The monoisotopic (exact) mass is 284 g/mol. The van der Waals surface area contributed by atoms with Crippen LogP contribution in [0.5, 0.6) is 0 Å². The molecule has 2 heteroatoms. The van der Waals surface area contributed by atoms with Gasteiger partial charge in [0.2, 0.25) is 0 Å². The van der Waals surface area contributed by atoms with E-state index >= 15 is 0 Å². The average Bonchev–Trinajstić information content (AvgIpc) is 2.98. The smallest absolute Gasteiger partial charge is 0.173 e. The number of carbonyl (C=O) groups excluding carboxylic acids is 1. The first-order valence-electron chi connectivity index (χ1n) is 7.08. The van der Waals surface area contributed by atoms with Gasteiger partial charge in [0.05, 0.1) is 5.41 Å². The minimum absolute atomic E-state index is 0.212. The lowest BCUT2D eigenvalue weighted by atomic mass is 9.73. The topological polar surface area (TPSA) is 17.1 Å². The molecule has 2 aromatic carbocycles. The lowest BCUT2D eigenvalue weighted by Crippen LogP contribution is -2.33. The Morgan fingerprint density at radius 2 is 1.65 bits per heavy atom. The molecule has 0 spiro atoms. The number of hydrogen-bond donors (Lipinski definition) is 0. The highest BCUT2D eigenvalue weighted by molar-refractivity contribution is 6.31. The molecule has 3 rings (SSSR count). The van der Waals surface area contributed by atoms with Crippen LogP contribution in [0.3, 0.4) is 0 Å². The molecule has 102 valence electrons. The van der Waals surface area contributed by atoms with Crippen molar-refractivity contribution < 1.29 is 4.79 Å². The van der Waals surface area contributed by atoms with Crippen molar-refractivity contribution in [3.8, 4) is 0 Å². The standard InChI is InChI=1S/C18H17ClO/c19-16-10-6-7-14(13-16)17(20)18(11-4-5-12-18)15-8-2-1-3-9-15/h1-3,6-10,13H,4-5,11-12H2. The Labute approximate surface area is 124 Å². The largest absolute Gasteiger partial charge is 0.293 e. The fourth-order valence-corrected chi connectivity index (χ4v) is 3.48.